The van der Waals surface area contributed by atoms with Gasteiger partial charge in [-0.05, 0) is 42.7 Å². The van der Waals surface area contributed by atoms with Crippen molar-refractivity contribution in [3.05, 3.63) is 77.1 Å². The second kappa shape index (κ2) is 7.14. The molecule has 1 aliphatic rings. The normalized spacial score (nSPS) is 13.2. The fourth-order valence-corrected chi connectivity index (χ4v) is 3.29. The molecule has 0 spiro atoms. The lowest BCUT2D eigenvalue weighted by Crippen LogP contribution is -2.36. The molecule has 1 aliphatic heterocycles. The van der Waals surface area contributed by atoms with Crippen LogP contribution in [0.25, 0.3) is 0 Å². The molecule has 0 bridgehead atoms. The van der Waals surface area contributed by atoms with E-state index in [1.165, 1.54) is 5.56 Å². The first-order valence-corrected chi connectivity index (χ1v) is 8.84. The summed E-state index contributed by atoms with van der Waals surface area (Å²) in [7, 11) is 0. The van der Waals surface area contributed by atoms with Crippen molar-refractivity contribution < 1.29 is 4.79 Å². The van der Waals surface area contributed by atoms with Gasteiger partial charge in [-0.2, -0.15) is 0 Å². The Kier molecular flexibility index (Phi) is 4.54. The molecule has 5 nitrogen and oxygen atoms in total. The summed E-state index contributed by atoms with van der Waals surface area (Å²) < 4.78 is 0. The first kappa shape index (κ1) is 16.5. The Hall–Kier alpha value is -2.92. The average molecular weight is 365 g/mol. The zero-order chi connectivity index (χ0) is 17.9. The van der Waals surface area contributed by atoms with Crippen LogP contribution < -0.4 is 10.2 Å². The van der Waals surface area contributed by atoms with Crippen molar-refractivity contribution in [3.8, 4) is 0 Å². The average Bonchev–Trinajstić information content (AvgIpc) is 2.69. The summed E-state index contributed by atoms with van der Waals surface area (Å²) in [4.78, 5) is 23.4. The second-order valence-corrected chi connectivity index (χ2v) is 6.47. The van der Waals surface area contributed by atoms with E-state index in [1.807, 2.05) is 36.4 Å². The topological polar surface area (TPSA) is 58.1 Å². The molecule has 0 radical (unpaired) electrons. The van der Waals surface area contributed by atoms with Gasteiger partial charge in [-0.25, -0.2) is 9.97 Å². The summed E-state index contributed by atoms with van der Waals surface area (Å²) in [5.74, 6) is 0.219. The number of anilines is 3. The standard InChI is InChI=1S/C20H17ClN4O/c21-15-8-2-3-9-16(15)23-20-22-12-11-17(24-20)19(26)25-13-5-7-14-6-1-4-10-18(14)25/h1-4,6,8-12H,5,7,13H2,(H,22,23,24). The number of carbonyl (C=O) groups excluding carboxylic acids is 1. The molecule has 0 saturated heterocycles. The lowest BCUT2D eigenvalue weighted by molar-refractivity contribution is 0.0980. The highest BCUT2D eigenvalue weighted by Gasteiger charge is 2.24. The van der Waals surface area contributed by atoms with Crippen molar-refractivity contribution >= 4 is 34.8 Å². The number of aromatic nitrogens is 2. The van der Waals surface area contributed by atoms with Gasteiger partial charge in [0, 0.05) is 18.4 Å². The number of hydrogen-bond acceptors (Lipinski definition) is 4. The highest BCUT2D eigenvalue weighted by Crippen LogP contribution is 2.28. The SMILES string of the molecule is O=C(c1ccnc(Nc2ccccc2Cl)n1)N1CCCc2ccccc21. The third kappa shape index (κ3) is 3.26. The monoisotopic (exact) mass is 364 g/mol. The smallest absolute Gasteiger partial charge is 0.277 e. The van der Waals surface area contributed by atoms with Crippen LogP contribution in [0.3, 0.4) is 0 Å². The molecular weight excluding hydrogens is 348 g/mol. The number of carbonyl (C=O) groups is 1. The quantitative estimate of drug-likeness (QED) is 0.745. The summed E-state index contributed by atoms with van der Waals surface area (Å²) in [6.07, 6.45) is 3.51. The molecule has 0 atom stereocenters. The molecule has 1 aromatic heterocycles. The van der Waals surface area contributed by atoms with Crippen LogP contribution in [-0.2, 0) is 6.42 Å². The first-order valence-electron chi connectivity index (χ1n) is 8.47. The van der Waals surface area contributed by atoms with E-state index in [9.17, 15) is 4.79 Å². The zero-order valence-corrected chi connectivity index (χ0v) is 14.8. The van der Waals surface area contributed by atoms with Crippen LogP contribution >= 0.6 is 11.6 Å². The van der Waals surface area contributed by atoms with Crippen molar-refractivity contribution in [2.45, 2.75) is 12.8 Å². The molecule has 2 aromatic carbocycles. The van der Waals surface area contributed by atoms with Gasteiger partial charge in [0.25, 0.3) is 5.91 Å². The number of amides is 1. The van der Waals surface area contributed by atoms with Crippen LogP contribution in [0.5, 0.6) is 0 Å². The highest BCUT2D eigenvalue weighted by atomic mass is 35.5. The number of nitrogens with zero attached hydrogens (tertiary/aromatic N) is 3. The lowest BCUT2D eigenvalue weighted by atomic mass is 10.0. The Bertz CT molecular complexity index is 960. The molecular formula is C20H17ClN4O. The molecule has 130 valence electrons. The molecule has 0 fully saturated rings. The molecule has 1 amide bonds. The minimum Gasteiger partial charge on any atom is -0.323 e. The maximum absolute atomic E-state index is 13.0. The van der Waals surface area contributed by atoms with Gasteiger partial charge in [0.2, 0.25) is 5.95 Å². The number of hydrogen-bond donors (Lipinski definition) is 1. The van der Waals surface area contributed by atoms with Crippen LogP contribution in [0, 0.1) is 0 Å². The molecule has 6 heteroatoms. The minimum atomic E-state index is -0.123. The van der Waals surface area contributed by atoms with Gasteiger partial charge < -0.3 is 10.2 Å². The van der Waals surface area contributed by atoms with E-state index in [0.717, 1.165) is 18.5 Å². The number of fused-ring (bicyclic) bond motifs is 1. The Morgan fingerprint density at radius 3 is 2.77 bits per heavy atom. The number of benzene rings is 2. The number of aryl methyl sites for hydroxylation is 1. The van der Waals surface area contributed by atoms with Crippen molar-refractivity contribution in [2.75, 3.05) is 16.8 Å². The number of nitrogens with one attached hydrogen (secondary N) is 1. The maximum atomic E-state index is 13.0. The molecule has 2 heterocycles. The number of rotatable bonds is 3. The molecule has 0 aliphatic carbocycles. The predicted octanol–water partition coefficient (Wildman–Crippen LogP) is 4.47. The fourth-order valence-electron chi connectivity index (χ4n) is 3.10. The van der Waals surface area contributed by atoms with Crippen LogP contribution in [-0.4, -0.2) is 22.4 Å². The number of halogens is 1. The summed E-state index contributed by atoms with van der Waals surface area (Å²) in [6, 6.07) is 17.0. The summed E-state index contributed by atoms with van der Waals surface area (Å²) in [5, 5.41) is 3.63. The van der Waals surface area contributed by atoms with Crippen molar-refractivity contribution in [2.24, 2.45) is 0 Å². The van der Waals surface area contributed by atoms with Crippen LogP contribution in [0.2, 0.25) is 5.02 Å². The summed E-state index contributed by atoms with van der Waals surface area (Å²) >= 11 is 6.16. The van der Waals surface area contributed by atoms with Gasteiger partial charge in [0.05, 0.1) is 10.7 Å². The molecule has 26 heavy (non-hydrogen) atoms. The van der Waals surface area contributed by atoms with Crippen LogP contribution in [0.15, 0.2) is 60.8 Å². The largest absolute Gasteiger partial charge is 0.323 e. The zero-order valence-electron chi connectivity index (χ0n) is 14.0. The van der Waals surface area contributed by atoms with Crippen LogP contribution in [0.4, 0.5) is 17.3 Å². The van der Waals surface area contributed by atoms with E-state index in [4.69, 9.17) is 11.6 Å². The maximum Gasteiger partial charge on any atom is 0.277 e. The summed E-state index contributed by atoms with van der Waals surface area (Å²) in [5.41, 5.74) is 3.20. The Labute approximate surface area is 156 Å². The molecule has 4 rings (SSSR count). The molecule has 0 saturated carbocycles. The lowest BCUT2D eigenvalue weighted by Gasteiger charge is -2.29. The van der Waals surface area contributed by atoms with E-state index in [2.05, 4.69) is 21.4 Å². The first-order chi connectivity index (χ1) is 12.7. The van der Waals surface area contributed by atoms with E-state index >= 15 is 0 Å². The minimum absolute atomic E-state index is 0.123. The molecule has 1 N–H and O–H groups in total. The Morgan fingerprint density at radius 2 is 1.88 bits per heavy atom. The van der Waals surface area contributed by atoms with Gasteiger partial charge in [-0.3, -0.25) is 4.79 Å². The Morgan fingerprint density at radius 1 is 1.08 bits per heavy atom. The Balaban J connectivity index is 1.61. The van der Waals surface area contributed by atoms with Gasteiger partial charge in [-0.15, -0.1) is 0 Å². The highest BCUT2D eigenvalue weighted by molar-refractivity contribution is 6.33. The van der Waals surface area contributed by atoms with E-state index in [1.54, 1.807) is 23.2 Å². The fraction of sp³-hybridized carbons (Fsp3) is 0.150. The van der Waals surface area contributed by atoms with Crippen molar-refractivity contribution in [1.29, 1.82) is 0 Å². The van der Waals surface area contributed by atoms with Crippen molar-refractivity contribution in [1.82, 2.24) is 9.97 Å². The van der Waals surface area contributed by atoms with Crippen LogP contribution in [0.1, 0.15) is 22.5 Å². The van der Waals surface area contributed by atoms with Gasteiger partial charge >= 0.3 is 0 Å². The third-order valence-electron chi connectivity index (χ3n) is 4.35. The van der Waals surface area contributed by atoms with E-state index in [-0.39, 0.29) is 5.91 Å². The third-order valence-corrected chi connectivity index (χ3v) is 4.68. The summed E-state index contributed by atoms with van der Waals surface area (Å²) in [6.45, 7) is 0.688. The van der Waals surface area contributed by atoms with Crippen molar-refractivity contribution in [3.63, 3.8) is 0 Å². The number of para-hydroxylation sites is 2. The van der Waals surface area contributed by atoms with Gasteiger partial charge in [0.1, 0.15) is 5.69 Å². The second-order valence-electron chi connectivity index (χ2n) is 6.06. The van der Waals surface area contributed by atoms with E-state index in [0.29, 0.717) is 28.9 Å². The van der Waals surface area contributed by atoms with E-state index < -0.39 is 0 Å². The van der Waals surface area contributed by atoms with Gasteiger partial charge in [0.15, 0.2) is 0 Å². The predicted molar refractivity (Wildman–Crippen MR) is 103 cm³/mol. The molecule has 3 aromatic rings. The molecule has 0 unspecified atom stereocenters. The van der Waals surface area contributed by atoms with Gasteiger partial charge in [-0.1, -0.05) is 41.9 Å².